The molecule has 7 heteroatoms. The Labute approximate surface area is 153 Å². The van der Waals surface area contributed by atoms with Gasteiger partial charge in [-0.3, -0.25) is 4.79 Å². The van der Waals surface area contributed by atoms with E-state index in [4.69, 9.17) is 9.88 Å². The van der Waals surface area contributed by atoms with E-state index in [0.29, 0.717) is 12.3 Å². The summed E-state index contributed by atoms with van der Waals surface area (Å²) in [5, 5.41) is 7.68. The highest BCUT2D eigenvalue weighted by atomic mass is 32.2. The Hall–Kier alpha value is -2.64. The van der Waals surface area contributed by atoms with E-state index in [0.717, 1.165) is 24.2 Å². The third kappa shape index (κ3) is 6.34. The maximum Gasteiger partial charge on any atom is 0.248 e. The van der Waals surface area contributed by atoms with E-state index in [9.17, 15) is 13.2 Å². The summed E-state index contributed by atoms with van der Waals surface area (Å²) < 4.78 is 28.0. The number of sulfonamides is 1. The van der Waals surface area contributed by atoms with Gasteiger partial charge in [0.15, 0.2) is 0 Å². The fourth-order valence-electron chi connectivity index (χ4n) is 2.09. The topological polar surface area (TPSA) is 98.5 Å². The van der Waals surface area contributed by atoms with Crippen molar-refractivity contribution in [3.63, 3.8) is 0 Å². The molecule has 1 amide bonds. The van der Waals surface area contributed by atoms with Gasteiger partial charge in [-0.2, -0.15) is 0 Å². The van der Waals surface area contributed by atoms with E-state index in [-0.39, 0.29) is 10.8 Å². The van der Waals surface area contributed by atoms with Gasteiger partial charge in [0.25, 0.3) is 0 Å². The van der Waals surface area contributed by atoms with Crippen molar-refractivity contribution in [2.45, 2.75) is 24.7 Å². The van der Waals surface area contributed by atoms with Crippen LogP contribution in [-0.4, -0.2) is 20.9 Å². The zero-order valence-corrected chi connectivity index (χ0v) is 15.3. The molecule has 0 saturated heterocycles. The van der Waals surface area contributed by atoms with Crippen LogP contribution >= 0.6 is 0 Å². The molecule has 0 unspecified atom stereocenters. The molecule has 0 atom stereocenters. The molecular weight excluding hydrogens is 352 g/mol. The molecule has 0 saturated carbocycles. The van der Waals surface area contributed by atoms with Gasteiger partial charge in [-0.05, 0) is 54.5 Å². The van der Waals surface area contributed by atoms with Crippen molar-refractivity contribution in [1.82, 2.24) is 0 Å². The number of benzene rings is 2. The Kier molecular flexibility index (Phi) is 6.94. The maximum absolute atomic E-state index is 11.9. The number of nitrogens with one attached hydrogen (secondary N) is 1. The summed E-state index contributed by atoms with van der Waals surface area (Å²) in [4.78, 5) is 11.9. The van der Waals surface area contributed by atoms with Crippen LogP contribution in [0.1, 0.15) is 25.3 Å². The number of hydrogen-bond acceptors (Lipinski definition) is 4. The highest BCUT2D eigenvalue weighted by Crippen LogP contribution is 2.15. The molecule has 0 aliphatic heterocycles. The van der Waals surface area contributed by atoms with Crippen molar-refractivity contribution in [2.75, 3.05) is 11.9 Å². The number of carbonyl (C=O) groups excluding carboxylic acids is 1. The number of rotatable bonds is 8. The number of carbonyl (C=O) groups is 1. The largest absolute Gasteiger partial charge is 0.494 e. The first-order valence-corrected chi connectivity index (χ1v) is 9.78. The van der Waals surface area contributed by atoms with Gasteiger partial charge in [0.05, 0.1) is 11.5 Å². The van der Waals surface area contributed by atoms with Gasteiger partial charge >= 0.3 is 0 Å². The minimum Gasteiger partial charge on any atom is -0.494 e. The Balaban J connectivity index is 1.90. The third-order valence-electron chi connectivity index (χ3n) is 3.52. The molecule has 0 bridgehead atoms. The molecule has 0 fully saturated rings. The first-order chi connectivity index (χ1) is 12.4. The standard InChI is InChI=1S/C19H22N2O4S/c1-2-3-14-25-17-9-4-15(5-10-17)6-13-19(22)21-16-7-11-18(12-8-16)26(20,23)24/h4-13H,2-3,14H2,1H3,(H,21,22)(H2,20,23,24). The number of unbranched alkanes of at least 4 members (excludes halogenated alkanes) is 1. The molecule has 0 heterocycles. The lowest BCUT2D eigenvalue weighted by atomic mass is 10.2. The van der Waals surface area contributed by atoms with Gasteiger partial charge in [-0.25, -0.2) is 13.6 Å². The predicted molar refractivity (Wildman–Crippen MR) is 102 cm³/mol. The molecule has 0 aliphatic carbocycles. The molecule has 26 heavy (non-hydrogen) atoms. The second-order valence-electron chi connectivity index (χ2n) is 5.66. The molecule has 0 radical (unpaired) electrons. The van der Waals surface area contributed by atoms with Gasteiger partial charge in [-0.1, -0.05) is 25.5 Å². The van der Waals surface area contributed by atoms with Crippen LogP contribution in [-0.2, 0) is 14.8 Å². The molecule has 3 N–H and O–H groups in total. The number of amides is 1. The van der Waals surface area contributed by atoms with Gasteiger partial charge in [0.2, 0.25) is 15.9 Å². The maximum atomic E-state index is 11.9. The highest BCUT2D eigenvalue weighted by Gasteiger charge is 2.07. The van der Waals surface area contributed by atoms with Gasteiger partial charge in [-0.15, -0.1) is 0 Å². The van der Waals surface area contributed by atoms with Gasteiger partial charge in [0.1, 0.15) is 5.75 Å². The lowest BCUT2D eigenvalue weighted by Crippen LogP contribution is -2.12. The van der Waals surface area contributed by atoms with Crippen molar-refractivity contribution in [3.05, 3.63) is 60.2 Å². The second kappa shape index (κ2) is 9.17. The molecule has 0 spiro atoms. The zero-order chi connectivity index (χ0) is 19.0. The van der Waals surface area contributed by atoms with E-state index in [1.54, 1.807) is 6.08 Å². The number of primary sulfonamides is 1. The number of ether oxygens (including phenoxy) is 1. The normalized spacial score (nSPS) is 11.5. The van der Waals surface area contributed by atoms with Crippen LogP contribution in [0.3, 0.4) is 0 Å². The van der Waals surface area contributed by atoms with E-state index < -0.39 is 10.0 Å². The van der Waals surface area contributed by atoms with Gasteiger partial charge < -0.3 is 10.1 Å². The van der Waals surface area contributed by atoms with Crippen LogP contribution in [0, 0.1) is 0 Å². The molecule has 0 aliphatic rings. The van der Waals surface area contributed by atoms with Crippen molar-refractivity contribution in [3.8, 4) is 5.75 Å². The van der Waals surface area contributed by atoms with Gasteiger partial charge in [0, 0.05) is 11.8 Å². The average Bonchev–Trinajstić information content (AvgIpc) is 2.61. The molecule has 2 aromatic carbocycles. The fraction of sp³-hybridized carbons (Fsp3) is 0.211. The summed E-state index contributed by atoms with van der Waals surface area (Å²) in [6.45, 7) is 2.80. The van der Waals surface area contributed by atoms with Crippen molar-refractivity contribution >= 4 is 27.7 Å². The fourth-order valence-corrected chi connectivity index (χ4v) is 2.61. The summed E-state index contributed by atoms with van der Waals surface area (Å²) in [5.74, 6) is 0.478. The SMILES string of the molecule is CCCCOc1ccc(C=CC(=O)Nc2ccc(S(N)(=O)=O)cc2)cc1. The van der Waals surface area contributed by atoms with E-state index in [1.165, 1.54) is 30.3 Å². The smallest absolute Gasteiger partial charge is 0.248 e. The lowest BCUT2D eigenvalue weighted by Gasteiger charge is -2.05. The van der Waals surface area contributed by atoms with E-state index in [1.807, 2.05) is 24.3 Å². The Morgan fingerprint density at radius 2 is 1.77 bits per heavy atom. The van der Waals surface area contributed by atoms with Crippen LogP contribution in [0.2, 0.25) is 0 Å². The molecule has 2 aromatic rings. The Morgan fingerprint density at radius 1 is 1.12 bits per heavy atom. The number of hydrogen-bond donors (Lipinski definition) is 2. The zero-order valence-electron chi connectivity index (χ0n) is 14.5. The molecule has 2 rings (SSSR count). The van der Waals surface area contributed by atoms with Crippen LogP contribution in [0.15, 0.2) is 59.5 Å². The summed E-state index contributed by atoms with van der Waals surface area (Å²) in [6, 6.07) is 13.1. The summed E-state index contributed by atoms with van der Waals surface area (Å²) in [5.41, 5.74) is 1.35. The summed E-state index contributed by atoms with van der Waals surface area (Å²) in [7, 11) is -3.74. The Bertz CT molecular complexity index is 857. The molecular formula is C19H22N2O4S. The number of anilines is 1. The summed E-state index contributed by atoms with van der Waals surface area (Å²) in [6.07, 6.45) is 5.19. The van der Waals surface area contributed by atoms with Crippen molar-refractivity contribution < 1.29 is 17.9 Å². The molecule has 6 nitrogen and oxygen atoms in total. The van der Waals surface area contributed by atoms with E-state index >= 15 is 0 Å². The highest BCUT2D eigenvalue weighted by molar-refractivity contribution is 7.89. The second-order valence-corrected chi connectivity index (χ2v) is 7.22. The van der Waals surface area contributed by atoms with Crippen LogP contribution in [0.4, 0.5) is 5.69 Å². The Morgan fingerprint density at radius 3 is 2.35 bits per heavy atom. The molecule has 138 valence electrons. The van der Waals surface area contributed by atoms with Crippen LogP contribution in [0.25, 0.3) is 6.08 Å². The predicted octanol–water partition coefficient (Wildman–Crippen LogP) is 3.16. The minimum atomic E-state index is -3.74. The first kappa shape index (κ1) is 19.7. The monoisotopic (exact) mass is 374 g/mol. The summed E-state index contributed by atoms with van der Waals surface area (Å²) >= 11 is 0. The van der Waals surface area contributed by atoms with E-state index in [2.05, 4.69) is 12.2 Å². The molecule has 0 aromatic heterocycles. The first-order valence-electron chi connectivity index (χ1n) is 8.23. The van der Waals surface area contributed by atoms with Crippen molar-refractivity contribution in [2.24, 2.45) is 5.14 Å². The van der Waals surface area contributed by atoms with Crippen molar-refractivity contribution in [1.29, 1.82) is 0 Å². The average molecular weight is 374 g/mol. The third-order valence-corrected chi connectivity index (χ3v) is 4.45. The minimum absolute atomic E-state index is 0.00714. The van der Waals surface area contributed by atoms with Crippen LogP contribution in [0.5, 0.6) is 5.75 Å². The van der Waals surface area contributed by atoms with Crippen LogP contribution < -0.4 is 15.2 Å². The number of nitrogens with two attached hydrogens (primary N) is 1. The quantitative estimate of drug-likeness (QED) is 0.548. The lowest BCUT2D eigenvalue weighted by molar-refractivity contribution is -0.111.